The lowest BCUT2D eigenvalue weighted by molar-refractivity contribution is -0.118. The van der Waals surface area contributed by atoms with Gasteiger partial charge in [0.15, 0.2) is 0 Å². The van der Waals surface area contributed by atoms with Crippen LogP contribution in [0.4, 0.5) is 13.2 Å². The highest BCUT2D eigenvalue weighted by Crippen LogP contribution is 2.09. The Morgan fingerprint density at radius 2 is 2.09 bits per heavy atom. The van der Waals surface area contributed by atoms with Crippen LogP contribution in [0.15, 0.2) is 0 Å². The van der Waals surface area contributed by atoms with Gasteiger partial charge in [-0.3, -0.25) is 4.39 Å². The molecule has 0 fully saturated rings. The monoisotopic (exact) mass is 170 g/mol. The van der Waals surface area contributed by atoms with Gasteiger partial charge in [-0.2, -0.15) is 0 Å². The molecule has 0 aliphatic carbocycles. The molecule has 2 nitrogen and oxygen atoms in total. The van der Waals surface area contributed by atoms with E-state index in [0.29, 0.717) is 6.29 Å². The van der Waals surface area contributed by atoms with Crippen LogP contribution in [-0.2, 0) is 9.53 Å². The maximum absolute atomic E-state index is 11.8. The fourth-order valence-corrected chi connectivity index (χ4v) is 0.552. The maximum atomic E-state index is 11.8. The van der Waals surface area contributed by atoms with Crippen molar-refractivity contribution in [2.45, 2.75) is 19.0 Å². The summed E-state index contributed by atoms with van der Waals surface area (Å²) in [5, 5.41) is 0. The van der Waals surface area contributed by atoms with Crippen molar-refractivity contribution in [3.8, 4) is 0 Å². The molecule has 0 N–H and O–H groups in total. The van der Waals surface area contributed by atoms with Gasteiger partial charge in [-0.15, -0.1) is 0 Å². The molecule has 0 saturated heterocycles. The second kappa shape index (κ2) is 6.15. The molecule has 0 heterocycles. The third kappa shape index (κ3) is 4.78. The number of hydrogen-bond acceptors (Lipinski definition) is 2. The first-order valence-electron chi connectivity index (χ1n) is 3.11. The van der Waals surface area contributed by atoms with Crippen molar-refractivity contribution in [3.05, 3.63) is 0 Å². The van der Waals surface area contributed by atoms with Gasteiger partial charge in [0.2, 0.25) is 0 Å². The number of alkyl halides is 3. The van der Waals surface area contributed by atoms with Crippen molar-refractivity contribution in [1.82, 2.24) is 0 Å². The van der Waals surface area contributed by atoms with Crippen LogP contribution in [0.5, 0.6) is 0 Å². The first-order chi connectivity index (χ1) is 5.22. The number of aldehydes is 1. The molecular formula is C6H9F3O2. The summed E-state index contributed by atoms with van der Waals surface area (Å²) in [4.78, 5) is 9.67. The zero-order valence-corrected chi connectivity index (χ0v) is 5.80. The summed E-state index contributed by atoms with van der Waals surface area (Å²) < 4.78 is 39.5. The van der Waals surface area contributed by atoms with E-state index in [0.717, 1.165) is 0 Å². The highest BCUT2D eigenvalue weighted by molar-refractivity contribution is 5.50. The van der Waals surface area contributed by atoms with Crippen LogP contribution in [0.25, 0.3) is 0 Å². The van der Waals surface area contributed by atoms with E-state index in [-0.39, 0.29) is 6.42 Å². The second-order valence-electron chi connectivity index (χ2n) is 1.85. The molecule has 0 aliphatic rings. The fraction of sp³-hybridized carbons (Fsp3) is 0.833. The van der Waals surface area contributed by atoms with Gasteiger partial charge in [0.05, 0.1) is 6.67 Å². The molecule has 0 aromatic heterocycles. The topological polar surface area (TPSA) is 26.3 Å². The van der Waals surface area contributed by atoms with Crippen molar-refractivity contribution in [1.29, 1.82) is 0 Å². The fourth-order valence-electron chi connectivity index (χ4n) is 0.552. The molecule has 1 atom stereocenters. The van der Waals surface area contributed by atoms with Crippen molar-refractivity contribution in [2.75, 3.05) is 13.3 Å². The minimum Gasteiger partial charge on any atom is -0.365 e. The molecule has 0 aliphatic heterocycles. The van der Waals surface area contributed by atoms with Crippen molar-refractivity contribution in [2.24, 2.45) is 0 Å². The third-order valence-electron chi connectivity index (χ3n) is 1.05. The molecule has 11 heavy (non-hydrogen) atoms. The summed E-state index contributed by atoms with van der Waals surface area (Å²) in [6, 6.07) is 0. The second-order valence-corrected chi connectivity index (χ2v) is 1.85. The van der Waals surface area contributed by atoms with Gasteiger partial charge in [0, 0.05) is 6.42 Å². The average molecular weight is 170 g/mol. The van der Waals surface area contributed by atoms with Gasteiger partial charge in [-0.25, -0.2) is 8.78 Å². The van der Waals surface area contributed by atoms with Crippen LogP contribution in [0.2, 0.25) is 0 Å². The molecule has 5 heteroatoms. The number of rotatable bonds is 6. The summed E-state index contributed by atoms with van der Waals surface area (Å²) in [6.07, 6.45) is -4.20. The first kappa shape index (κ1) is 10.4. The Hall–Kier alpha value is -0.580. The van der Waals surface area contributed by atoms with E-state index < -0.39 is 25.8 Å². The van der Waals surface area contributed by atoms with E-state index in [1.807, 2.05) is 0 Å². The van der Waals surface area contributed by atoms with Crippen LogP contribution < -0.4 is 0 Å². The van der Waals surface area contributed by atoms with Crippen LogP contribution in [-0.4, -0.2) is 32.1 Å². The Morgan fingerprint density at radius 1 is 1.45 bits per heavy atom. The lowest BCUT2D eigenvalue weighted by Crippen LogP contribution is -2.23. The molecule has 0 aromatic carbocycles. The SMILES string of the molecule is O=CCOC(CCF)C(F)F. The summed E-state index contributed by atoms with van der Waals surface area (Å²) in [7, 11) is 0. The Morgan fingerprint density at radius 3 is 2.45 bits per heavy atom. The van der Waals surface area contributed by atoms with Crippen LogP contribution in [0.1, 0.15) is 6.42 Å². The summed E-state index contributed by atoms with van der Waals surface area (Å²) in [5.41, 5.74) is 0. The lowest BCUT2D eigenvalue weighted by atomic mass is 10.3. The molecule has 66 valence electrons. The third-order valence-corrected chi connectivity index (χ3v) is 1.05. The minimum absolute atomic E-state index is 0.355. The van der Waals surface area contributed by atoms with Crippen molar-refractivity contribution < 1.29 is 22.7 Å². The Bertz CT molecular complexity index is 108. The van der Waals surface area contributed by atoms with Crippen LogP contribution in [0.3, 0.4) is 0 Å². The number of hydrogen-bond donors (Lipinski definition) is 0. The number of carbonyl (C=O) groups excluding carboxylic acids is 1. The zero-order valence-electron chi connectivity index (χ0n) is 5.80. The minimum atomic E-state index is -2.73. The molecule has 0 aromatic rings. The molecule has 0 bridgehead atoms. The molecular weight excluding hydrogens is 161 g/mol. The van der Waals surface area contributed by atoms with Gasteiger partial charge < -0.3 is 9.53 Å². The Balaban J connectivity index is 3.59. The van der Waals surface area contributed by atoms with Gasteiger partial charge >= 0.3 is 0 Å². The molecule has 0 saturated carbocycles. The van der Waals surface area contributed by atoms with E-state index in [1.165, 1.54) is 0 Å². The first-order valence-corrected chi connectivity index (χ1v) is 3.11. The molecule has 0 amide bonds. The maximum Gasteiger partial charge on any atom is 0.264 e. The van der Waals surface area contributed by atoms with Gasteiger partial charge in [0.25, 0.3) is 6.43 Å². The van der Waals surface area contributed by atoms with E-state index in [1.54, 1.807) is 0 Å². The lowest BCUT2D eigenvalue weighted by Gasteiger charge is -2.12. The van der Waals surface area contributed by atoms with Crippen LogP contribution >= 0.6 is 0 Å². The number of carbonyl (C=O) groups is 1. The molecule has 0 radical (unpaired) electrons. The highest BCUT2D eigenvalue weighted by atomic mass is 19.3. The van der Waals surface area contributed by atoms with Gasteiger partial charge in [-0.1, -0.05) is 0 Å². The van der Waals surface area contributed by atoms with Crippen LogP contribution in [0, 0.1) is 0 Å². The van der Waals surface area contributed by atoms with Crippen molar-refractivity contribution >= 4 is 6.29 Å². The van der Waals surface area contributed by atoms with E-state index in [4.69, 9.17) is 0 Å². The largest absolute Gasteiger partial charge is 0.365 e. The van der Waals surface area contributed by atoms with Crippen molar-refractivity contribution in [3.63, 3.8) is 0 Å². The molecule has 0 spiro atoms. The summed E-state index contributed by atoms with van der Waals surface area (Å²) in [5.74, 6) is 0. The van der Waals surface area contributed by atoms with E-state index in [2.05, 4.69) is 4.74 Å². The predicted octanol–water partition coefficient (Wildman–Crippen LogP) is 1.20. The Kier molecular flexibility index (Phi) is 5.83. The summed E-state index contributed by atoms with van der Waals surface area (Å²) in [6.45, 7) is -1.27. The highest BCUT2D eigenvalue weighted by Gasteiger charge is 2.19. The number of ether oxygens (including phenoxy) is 1. The van der Waals surface area contributed by atoms with E-state index in [9.17, 15) is 18.0 Å². The van der Waals surface area contributed by atoms with Gasteiger partial charge in [-0.05, 0) is 0 Å². The quantitative estimate of drug-likeness (QED) is 0.560. The zero-order chi connectivity index (χ0) is 8.69. The normalized spacial score (nSPS) is 13.5. The number of halogens is 3. The predicted molar refractivity (Wildman–Crippen MR) is 32.4 cm³/mol. The van der Waals surface area contributed by atoms with Gasteiger partial charge in [0.1, 0.15) is 19.0 Å². The smallest absolute Gasteiger partial charge is 0.264 e. The van der Waals surface area contributed by atoms with E-state index >= 15 is 0 Å². The summed E-state index contributed by atoms with van der Waals surface area (Å²) >= 11 is 0. The molecule has 0 rings (SSSR count). The molecule has 1 unspecified atom stereocenters. The Labute approximate surface area is 62.3 Å². The standard InChI is InChI=1S/C6H9F3O2/c7-2-1-5(6(8)9)11-4-3-10/h3,5-6H,1-2,4H2. The average Bonchev–Trinajstić information content (AvgIpc) is 1.97.